The summed E-state index contributed by atoms with van der Waals surface area (Å²) in [6, 6.07) is 8.70. The summed E-state index contributed by atoms with van der Waals surface area (Å²) < 4.78 is 2.89. The number of benzene rings is 1. The molecule has 3 rings (SSSR count). The maximum absolute atomic E-state index is 4.68. The minimum atomic E-state index is 0.117. The Balaban J connectivity index is 1.77. The minimum Gasteiger partial charge on any atom is -0.348 e. The molecule has 3 aromatic rings. The number of hydrogen-bond donors (Lipinski definition) is 1. The minimum absolute atomic E-state index is 0.117. The average molecular weight is 349 g/mol. The van der Waals surface area contributed by atoms with Gasteiger partial charge >= 0.3 is 0 Å². The van der Waals surface area contributed by atoms with Crippen LogP contribution in [0.4, 0.5) is 0 Å². The fourth-order valence-electron chi connectivity index (χ4n) is 2.39. The van der Waals surface area contributed by atoms with E-state index in [1.54, 1.807) is 23.1 Å². The third kappa shape index (κ3) is 3.57. The van der Waals surface area contributed by atoms with E-state index in [1.807, 2.05) is 4.52 Å². The quantitative estimate of drug-likeness (QED) is 0.695. The van der Waals surface area contributed by atoms with Crippen LogP contribution in [0.1, 0.15) is 43.3 Å². The first-order valence-electron chi connectivity index (χ1n) is 7.82. The predicted molar refractivity (Wildman–Crippen MR) is 94.5 cm³/mol. The second-order valence-corrected chi connectivity index (χ2v) is 8.07. The molecule has 0 amide bonds. The van der Waals surface area contributed by atoms with Gasteiger partial charge in [-0.15, -0.1) is 15.3 Å². The summed E-state index contributed by atoms with van der Waals surface area (Å²) in [7, 11) is 0. The monoisotopic (exact) mass is 348 g/mol. The second kappa shape index (κ2) is 6.98. The summed E-state index contributed by atoms with van der Waals surface area (Å²) in [5.41, 5.74) is 6.85. The second-order valence-electron chi connectivity index (χ2n) is 5.89. The maximum Gasteiger partial charge on any atom is 0.235 e. The molecule has 2 heterocycles. The summed E-state index contributed by atoms with van der Waals surface area (Å²) in [6.07, 6.45) is 1.07. The standard InChI is InChI=1S/C16H21N5S2/c1-4-11(3)13(17)14-18-19-15-21(14)20-16(23-15)22-9-12-7-5-6-10(2)8-12/h5-8,11,13H,4,9,17H2,1-3H3/p+1/t11-,13-/m0/s1. The highest BCUT2D eigenvalue weighted by molar-refractivity contribution is 8.00. The number of aryl methyl sites for hydroxylation is 1. The molecule has 0 aliphatic carbocycles. The number of aromatic nitrogens is 4. The molecular formula is C16H22N5S2+. The molecule has 0 aliphatic heterocycles. The van der Waals surface area contributed by atoms with Gasteiger partial charge in [0.25, 0.3) is 0 Å². The zero-order valence-electron chi connectivity index (χ0n) is 13.7. The van der Waals surface area contributed by atoms with E-state index in [0.717, 1.165) is 27.3 Å². The van der Waals surface area contributed by atoms with Gasteiger partial charge in [-0.1, -0.05) is 66.8 Å². The highest BCUT2D eigenvalue weighted by Crippen LogP contribution is 2.29. The normalized spacial score (nSPS) is 14.3. The molecule has 1 aromatic carbocycles. The van der Waals surface area contributed by atoms with E-state index >= 15 is 0 Å². The first kappa shape index (κ1) is 16.4. The van der Waals surface area contributed by atoms with E-state index < -0.39 is 0 Å². The zero-order chi connectivity index (χ0) is 16.4. The first-order valence-corrected chi connectivity index (χ1v) is 9.62. The fraction of sp³-hybridized carbons (Fsp3) is 0.438. The van der Waals surface area contributed by atoms with Crippen molar-refractivity contribution >= 4 is 28.1 Å². The van der Waals surface area contributed by atoms with Gasteiger partial charge in [0.2, 0.25) is 10.8 Å². The van der Waals surface area contributed by atoms with E-state index in [4.69, 9.17) is 0 Å². The van der Waals surface area contributed by atoms with E-state index in [9.17, 15) is 0 Å². The smallest absolute Gasteiger partial charge is 0.235 e. The van der Waals surface area contributed by atoms with Crippen LogP contribution in [0.5, 0.6) is 0 Å². The van der Waals surface area contributed by atoms with Crippen LogP contribution in [0.3, 0.4) is 0 Å². The van der Waals surface area contributed by atoms with Gasteiger partial charge in [-0.3, -0.25) is 0 Å². The molecule has 2 atom stereocenters. The number of rotatable bonds is 6. The molecule has 2 aromatic heterocycles. The lowest BCUT2D eigenvalue weighted by Crippen LogP contribution is -2.57. The summed E-state index contributed by atoms with van der Waals surface area (Å²) in [5.74, 6) is 2.25. The Morgan fingerprint density at radius 2 is 2.17 bits per heavy atom. The Bertz CT molecular complexity index is 795. The molecule has 0 spiro atoms. The molecule has 0 saturated carbocycles. The van der Waals surface area contributed by atoms with Crippen molar-refractivity contribution in [3.8, 4) is 0 Å². The van der Waals surface area contributed by atoms with Crippen LogP contribution in [-0.4, -0.2) is 19.8 Å². The van der Waals surface area contributed by atoms with Gasteiger partial charge in [-0.05, 0) is 18.9 Å². The summed E-state index contributed by atoms with van der Waals surface area (Å²) >= 11 is 3.34. The highest BCUT2D eigenvalue weighted by Gasteiger charge is 2.24. The molecule has 0 saturated heterocycles. The predicted octanol–water partition coefficient (Wildman–Crippen LogP) is 3.12. The maximum atomic E-state index is 4.68. The number of thioether (sulfide) groups is 1. The van der Waals surface area contributed by atoms with Crippen molar-refractivity contribution in [3.63, 3.8) is 0 Å². The number of nitrogens with zero attached hydrogens (tertiary/aromatic N) is 4. The van der Waals surface area contributed by atoms with E-state index in [2.05, 4.69) is 66.1 Å². The van der Waals surface area contributed by atoms with Crippen LogP contribution < -0.4 is 5.73 Å². The SMILES string of the molecule is CC[C@H](C)[C@H]([NH3+])c1nnc2sc(SCc3cccc(C)c3)nn12. The van der Waals surface area contributed by atoms with Gasteiger partial charge in [0.05, 0.1) is 0 Å². The Morgan fingerprint density at radius 1 is 1.35 bits per heavy atom. The number of hydrogen-bond acceptors (Lipinski definition) is 5. The van der Waals surface area contributed by atoms with Crippen LogP contribution in [0.2, 0.25) is 0 Å². The Labute approximate surface area is 144 Å². The third-order valence-electron chi connectivity index (χ3n) is 4.10. The third-order valence-corrected chi connectivity index (χ3v) is 6.21. The molecule has 3 N–H and O–H groups in total. The van der Waals surface area contributed by atoms with Crippen LogP contribution >= 0.6 is 23.1 Å². The largest absolute Gasteiger partial charge is 0.348 e. The lowest BCUT2D eigenvalue weighted by Gasteiger charge is -2.11. The molecule has 122 valence electrons. The summed E-state index contributed by atoms with van der Waals surface area (Å²) in [4.78, 5) is 0.851. The van der Waals surface area contributed by atoms with Gasteiger partial charge in [0.15, 0.2) is 4.34 Å². The van der Waals surface area contributed by atoms with Crippen LogP contribution in [-0.2, 0) is 5.75 Å². The van der Waals surface area contributed by atoms with Gasteiger partial charge in [-0.25, -0.2) is 0 Å². The fourth-order valence-corrected chi connectivity index (χ4v) is 4.22. The number of quaternary nitrogens is 1. The van der Waals surface area contributed by atoms with Crippen molar-refractivity contribution in [2.24, 2.45) is 5.92 Å². The van der Waals surface area contributed by atoms with Crippen molar-refractivity contribution in [1.82, 2.24) is 19.8 Å². The van der Waals surface area contributed by atoms with Crippen molar-refractivity contribution in [3.05, 3.63) is 41.2 Å². The molecule has 23 heavy (non-hydrogen) atoms. The summed E-state index contributed by atoms with van der Waals surface area (Å²) in [6.45, 7) is 6.48. The van der Waals surface area contributed by atoms with E-state index in [0.29, 0.717) is 5.92 Å². The molecule has 0 bridgehead atoms. The molecule has 7 heteroatoms. The molecule has 0 radical (unpaired) electrons. The van der Waals surface area contributed by atoms with Gasteiger partial charge < -0.3 is 5.73 Å². The first-order chi connectivity index (χ1) is 11.1. The van der Waals surface area contributed by atoms with Crippen molar-refractivity contribution in [2.75, 3.05) is 0 Å². The highest BCUT2D eigenvalue weighted by atomic mass is 32.2. The number of fused-ring (bicyclic) bond motifs is 1. The van der Waals surface area contributed by atoms with Crippen molar-refractivity contribution in [1.29, 1.82) is 0 Å². The van der Waals surface area contributed by atoms with Crippen molar-refractivity contribution in [2.45, 2.75) is 43.3 Å². The average Bonchev–Trinajstić information content (AvgIpc) is 3.11. The van der Waals surface area contributed by atoms with Gasteiger partial charge in [0, 0.05) is 11.7 Å². The van der Waals surface area contributed by atoms with E-state index in [1.165, 1.54) is 11.1 Å². The molecule has 0 fully saturated rings. The van der Waals surface area contributed by atoms with Gasteiger partial charge in [-0.2, -0.15) is 4.52 Å². The van der Waals surface area contributed by atoms with Gasteiger partial charge in [0.1, 0.15) is 6.04 Å². The lowest BCUT2D eigenvalue weighted by atomic mass is 10.00. The molecule has 5 nitrogen and oxygen atoms in total. The molecular weight excluding hydrogens is 326 g/mol. The van der Waals surface area contributed by atoms with E-state index in [-0.39, 0.29) is 6.04 Å². The molecule has 0 unspecified atom stereocenters. The topological polar surface area (TPSA) is 70.7 Å². The van der Waals surface area contributed by atoms with Crippen LogP contribution in [0.15, 0.2) is 28.6 Å². The Hall–Kier alpha value is -1.44. The Morgan fingerprint density at radius 3 is 2.91 bits per heavy atom. The zero-order valence-corrected chi connectivity index (χ0v) is 15.3. The lowest BCUT2D eigenvalue weighted by molar-refractivity contribution is -0.441. The van der Waals surface area contributed by atoms with Crippen LogP contribution in [0.25, 0.3) is 4.96 Å². The Kier molecular flexibility index (Phi) is 4.99. The molecule has 0 aliphatic rings. The summed E-state index contributed by atoms with van der Waals surface area (Å²) in [5, 5.41) is 13.2. The van der Waals surface area contributed by atoms with Crippen molar-refractivity contribution < 1.29 is 5.73 Å². The van der Waals surface area contributed by atoms with Crippen LogP contribution in [0, 0.1) is 12.8 Å².